The van der Waals surface area contributed by atoms with Crippen LogP contribution in [0.2, 0.25) is 0 Å². The van der Waals surface area contributed by atoms with Crippen LogP contribution in [0.5, 0.6) is 11.5 Å². The van der Waals surface area contributed by atoms with Crippen LogP contribution in [0.15, 0.2) is 48.5 Å². The third-order valence-electron chi connectivity index (χ3n) is 6.08. The van der Waals surface area contributed by atoms with Crippen LogP contribution in [0.25, 0.3) is 0 Å². The first-order valence-corrected chi connectivity index (χ1v) is 12.0. The van der Waals surface area contributed by atoms with E-state index in [0.717, 1.165) is 50.8 Å². The fourth-order valence-electron chi connectivity index (χ4n) is 4.38. The minimum atomic E-state index is -0.249. The summed E-state index contributed by atoms with van der Waals surface area (Å²) >= 11 is 0. The zero-order valence-corrected chi connectivity index (χ0v) is 20.0. The number of hydrogen-bond acceptors (Lipinski definition) is 5. The smallest absolute Gasteiger partial charge is 0.119 e. The van der Waals surface area contributed by atoms with Crippen molar-refractivity contribution in [3.8, 4) is 11.5 Å². The van der Waals surface area contributed by atoms with E-state index in [1.165, 1.54) is 24.0 Å². The highest BCUT2D eigenvalue weighted by Crippen LogP contribution is 2.19. The van der Waals surface area contributed by atoms with Gasteiger partial charge in [-0.15, -0.1) is 0 Å². The van der Waals surface area contributed by atoms with E-state index in [1.807, 2.05) is 31.2 Å². The molecule has 1 aliphatic rings. The maximum atomic E-state index is 9.65. The summed E-state index contributed by atoms with van der Waals surface area (Å²) in [4.78, 5) is 4.87. The van der Waals surface area contributed by atoms with Crippen molar-refractivity contribution in [2.24, 2.45) is 5.92 Å². The van der Waals surface area contributed by atoms with E-state index in [2.05, 4.69) is 47.9 Å². The second-order valence-corrected chi connectivity index (χ2v) is 9.22. The normalized spacial score (nSPS) is 16.3. The zero-order valence-electron chi connectivity index (χ0n) is 20.0. The number of hydrogen-bond donors (Lipinski definition) is 1. The molecule has 1 heterocycles. The molecule has 0 aliphatic carbocycles. The van der Waals surface area contributed by atoms with E-state index in [1.54, 1.807) is 0 Å². The molecule has 0 aromatic heterocycles. The molecule has 1 atom stereocenters. The SMILES string of the molecule is Cc1cccc(OCCN(CCOc2cccc(C)c2)CC2CCN(CC(C)O)CC2)c1. The van der Waals surface area contributed by atoms with Crippen LogP contribution >= 0.6 is 0 Å². The zero-order chi connectivity index (χ0) is 22.8. The fourth-order valence-corrected chi connectivity index (χ4v) is 4.38. The van der Waals surface area contributed by atoms with Crippen LogP contribution in [0.3, 0.4) is 0 Å². The van der Waals surface area contributed by atoms with Crippen LogP contribution < -0.4 is 9.47 Å². The van der Waals surface area contributed by atoms with E-state index < -0.39 is 0 Å². The summed E-state index contributed by atoms with van der Waals surface area (Å²) in [6, 6.07) is 16.5. The quantitative estimate of drug-likeness (QED) is 0.537. The van der Waals surface area contributed by atoms with Gasteiger partial charge in [0.15, 0.2) is 0 Å². The molecule has 1 saturated heterocycles. The summed E-state index contributed by atoms with van der Waals surface area (Å²) in [5.41, 5.74) is 2.43. The topological polar surface area (TPSA) is 45.2 Å². The number of β-amino-alcohol motifs (C(OH)–C–C–N with tert-alkyl or cyclic N) is 1. The lowest BCUT2D eigenvalue weighted by atomic mass is 9.96. The predicted molar refractivity (Wildman–Crippen MR) is 131 cm³/mol. The first kappa shape index (κ1) is 24.6. The lowest BCUT2D eigenvalue weighted by Crippen LogP contribution is -2.42. The highest BCUT2D eigenvalue weighted by molar-refractivity contribution is 5.28. The summed E-state index contributed by atoms with van der Waals surface area (Å²) in [7, 11) is 0. The summed E-state index contributed by atoms with van der Waals surface area (Å²) in [6.07, 6.45) is 2.11. The number of likely N-dealkylation sites (tertiary alicyclic amines) is 1. The van der Waals surface area contributed by atoms with Crippen molar-refractivity contribution in [1.82, 2.24) is 9.80 Å². The molecule has 1 unspecified atom stereocenters. The molecule has 0 amide bonds. The van der Waals surface area contributed by atoms with Gasteiger partial charge in [0.25, 0.3) is 0 Å². The molecule has 32 heavy (non-hydrogen) atoms. The van der Waals surface area contributed by atoms with Gasteiger partial charge in [0.1, 0.15) is 24.7 Å². The van der Waals surface area contributed by atoms with E-state index in [0.29, 0.717) is 19.1 Å². The van der Waals surface area contributed by atoms with Gasteiger partial charge in [-0.05, 0) is 88.0 Å². The van der Waals surface area contributed by atoms with Crippen LogP contribution in [-0.2, 0) is 0 Å². The second-order valence-electron chi connectivity index (χ2n) is 9.22. The molecule has 0 bridgehead atoms. The number of ether oxygens (including phenoxy) is 2. The van der Waals surface area contributed by atoms with Crippen LogP contribution in [0.4, 0.5) is 0 Å². The van der Waals surface area contributed by atoms with Gasteiger partial charge < -0.3 is 19.5 Å². The molecule has 0 saturated carbocycles. The third-order valence-corrected chi connectivity index (χ3v) is 6.08. The molecule has 1 N–H and O–H groups in total. The molecule has 0 spiro atoms. The van der Waals surface area contributed by atoms with Crippen LogP contribution in [0, 0.1) is 19.8 Å². The molecular formula is C27H40N2O3. The molecule has 176 valence electrons. The lowest BCUT2D eigenvalue weighted by molar-refractivity contribution is 0.0843. The number of nitrogens with zero attached hydrogens (tertiary/aromatic N) is 2. The Balaban J connectivity index is 1.49. The number of aliphatic hydroxyl groups excluding tert-OH is 1. The van der Waals surface area contributed by atoms with Gasteiger partial charge in [0.05, 0.1) is 6.10 Å². The Bertz CT molecular complexity index is 751. The van der Waals surface area contributed by atoms with Gasteiger partial charge in [-0.3, -0.25) is 4.90 Å². The molecule has 2 aromatic rings. The molecule has 1 fully saturated rings. The first-order valence-electron chi connectivity index (χ1n) is 12.0. The molecular weight excluding hydrogens is 400 g/mol. The van der Waals surface area contributed by atoms with E-state index >= 15 is 0 Å². The number of piperidine rings is 1. The van der Waals surface area contributed by atoms with Gasteiger partial charge >= 0.3 is 0 Å². The molecule has 3 rings (SSSR count). The highest BCUT2D eigenvalue weighted by atomic mass is 16.5. The Labute approximate surface area is 193 Å². The average molecular weight is 441 g/mol. The first-order chi connectivity index (χ1) is 15.5. The summed E-state index contributed by atoms with van der Waals surface area (Å²) in [6.45, 7) is 13.2. The van der Waals surface area contributed by atoms with E-state index in [4.69, 9.17) is 9.47 Å². The fraction of sp³-hybridized carbons (Fsp3) is 0.556. The average Bonchev–Trinajstić information content (AvgIpc) is 2.75. The molecule has 5 heteroatoms. The van der Waals surface area contributed by atoms with Crippen molar-refractivity contribution in [1.29, 1.82) is 0 Å². The van der Waals surface area contributed by atoms with Crippen LogP contribution in [-0.4, -0.2) is 73.5 Å². The largest absolute Gasteiger partial charge is 0.492 e. The van der Waals surface area contributed by atoms with Crippen molar-refractivity contribution in [2.45, 2.75) is 39.7 Å². The van der Waals surface area contributed by atoms with Crippen molar-refractivity contribution in [3.63, 3.8) is 0 Å². The minimum absolute atomic E-state index is 0.249. The summed E-state index contributed by atoms with van der Waals surface area (Å²) in [5.74, 6) is 2.55. The Morgan fingerprint density at radius 3 is 1.94 bits per heavy atom. The van der Waals surface area contributed by atoms with Crippen molar-refractivity contribution in [2.75, 3.05) is 52.5 Å². The lowest BCUT2D eigenvalue weighted by Gasteiger charge is -2.35. The second kappa shape index (κ2) is 12.8. The Hall–Kier alpha value is -2.08. The maximum Gasteiger partial charge on any atom is 0.119 e. The Morgan fingerprint density at radius 1 is 0.938 bits per heavy atom. The van der Waals surface area contributed by atoms with Crippen molar-refractivity contribution < 1.29 is 14.6 Å². The van der Waals surface area contributed by atoms with Gasteiger partial charge in [0.2, 0.25) is 0 Å². The van der Waals surface area contributed by atoms with Gasteiger partial charge in [-0.2, -0.15) is 0 Å². The van der Waals surface area contributed by atoms with Crippen molar-refractivity contribution >= 4 is 0 Å². The molecule has 0 radical (unpaired) electrons. The number of benzene rings is 2. The summed E-state index contributed by atoms with van der Waals surface area (Å²) < 4.78 is 12.1. The van der Waals surface area contributed by atoms with Gasteiger partial charge in [-0.1, -0.05) is 24.3 Å². The molecule has 1 aliphatic heterocycles. The van der Waals surface area contributed by atoms with E-state index in [9.17, 15) is 5.11 Å². The summed E-state index contributed by atoms with van der Waals surface area (Å²) in [5, 5.41) is 9.65. The molecule has 2 aromatic carbocycles. The number of aryl methyl sites for hydroxylation is 2. The predicted octanol–water partition coefficient (Wildman–Crippen LogP) is 4.16. The Morgan fingerprint density at radius 2 is 1.47 bits per heavy atom. The third kappa shape index (κ3) is 8.81. The Kier molecular flexibility index (Phi) is 9.85. The number of aliphatic hydroxyl groups is 1. The standard InChI is InChI=1S/C27H40N2O3/c1-22-6-4-8-26(18-22)31-16-14-29(15-17-32-27-9-5-7-23(2)19-27)21-25-10-12-28(13-11-25)20-24(3)30/h4-9,18-19,24-25,30H,10-17,20-21H2,1-3H3. The molecule has 5 nitrogen and oxygen atoms in total. The van der Waals surface area contributed by atoms with Crippen LogP contribution in [0.1, 0.15) is 30.9 Å². The van der Waals surface area contributed by atoms with Crippen molar-refractivity contribution in [3.05, 3.63) is 59.7 Å². The monoisotopic (exact) mass is 440 g/mol. The number of rotatable bonds is 12. The van der Waals surface area contributed by atoms with Gasteiger partial charge in [0, 0.05) is 26.2 Å². The van der Waals surface area contributed by atoms with Gasteiger partial charge in [-0.25, -0.2) is 0 Å². The maximum absolute atomic E-state index is 9.65. The highest BCUT2D eigenvalue weighted by Gasteiger charge is 2.22. The van der Waals surface area contributed by atoms with E-state index in [-0.39, 0.29) is 6.10 Å². The minimum Gasteiger partial charge on any atom is -0.492 e.